The molecule has 0 fully saturated rings. The van der Waals surface area contributed by atoms with Crippen LogP contribution in [0.4, 0.5) is 0 Å². The maximum absolute atomic E-state index is 12.1. The van der Waals surface area contributed by atoms with Gasteiger partial charge in [0.1, 0.15) is 0 Å². The number of ether oxygens (including phenoxy) is 3. The van der Waals surface area contributed by atoms with E-state index in [0.717, 1.165) is 0 Å². The second kappa shape index (κ2) is 10.8. The highest BCUT2D eigenvalue weighted by molar-refractivity contribution is 9.10. The van der Waals surface area contributed by atoms with Crippen LogP contribution in [0.15, 0.2) is 50.4 Å². The van der Waals surface area contributed by atoms with Crippen LogP contribution in [-0.4, -0.2) is 38.4 Å². The van der Waals surface area contributed by atoms with Gasteiger partial charge in [0.15, 0.2) is 18.1 Å². The van der Waals surface area contributed by atoms with Crippen molar-refractivity contribution in [1.29, 1.82) is 0 Å². The number of nitrogens with one attached hydrogen (secondary N) is 1. The Hall–Kier alpha value is -2.39. The van der Waals surface area contributed by atoms with Crippen molar-refractivity contribution in [3.05, 3.63) is 56.5 Å². The fraction of sp³-hybridized carbons (Fsp3) is 0.211. The Bertz CT molecular complexity index is 887. The van der Waals surface area contributed by atoms with E-state index in [9.17, 15) is 9.59 Å². The van der Waals surface area contributed by atoms with Crippen molar-refractivity contribution in [3.63, 3.8) is 0 Å². The summed E-state index contributed by atoms with van der Waals surface area (Å²) in [7, 11) is 1.48. The lowest BCUT2D eigenvalue weighted by Crippen LogP contribution is -2.18. The fourth-order valence-electron chi connectivity index (χ4n) is 2.16. The molecule has 1 amide bonds. The molecule has 0 atom stereocenters. The Morgan fingerprint density at radius 2 is 1.93 bits per heavy atom. The van der Waals surface area contributed by atoms with Crippen molar-refractivity contribution in [3.8, 4) is 11.5 Å². The largest absolute Gasteiger partial charge is 0.493 e. The number of methoxy groups -OCH3 is 1. The predicted molar refractivity (Wildman–Crippen MR) is 112 cm³/mol. The summed E-state index contributed by atoms with van der Waals surface area (Å²) >= 11 is 6.71. The van der Waals surface area contributed by atoms with Crippen molar-refractivity contribution in [1.82, 2.24) is 5.43 Å². The summed E-state index contributed by atoms with van der Waals surface area (Å²) in [5.74, 6) is -0.0526. The van der Waals surface area contributed by atoms with Crippen molar-refractivity contribution in [2.24, 2.45) is 5.10 Å². The van der Waals surface area contributed by atoms with E-state index in [0.29, 0.717) is 31.6 Å². The summed E-state index contributed by atoms with van der Waals surface area (Å²) in [6.07, 6.45) is 1.47. The standard InChI is InChI=1S/C19H18Br2N2O5/c1-3-27-17(24)11-28-18-15(21)8-12(9-16(18)26-2)10-22-23-19(25)13-6-4-5-7-14(13)20/h4-10H,3,11H2,1-2H3,(H,23,25)/b22-10-. The van der Waals surface area contributed by atoms with E-state index in [2.05, 4.69) is 42.4 Å². The highest BCUT2D eigenvalue weighted by atomic mass is 79.9. The van der Waals surface area contributed by atoms with Gasteiger partial charge in [-0.25, -0.2) is 10.2 Å². The quantitative estimate of drug-likeness (QED) is 0.328. The zero-order valence-corrected chi connectivity index (χ0v) is 18.4. The van der Waals surface area contributed by atoms with Gasteiger partial charge in [-0.1, -0.05) is 12.1 Å². The smallest absolute Gasteiger partial charge is 0.344 e. The molecule has 0 radical (unpaired) electrons. The van der Waals surface area contributed by atoms with E-state index in [-0.39, 0.29) is 19.1 Å². The molecule has 2 aromatic rings. The molecule has 1 N–H and O–H groups in total. The molecule has 7 nitrogen and oxygen atoms in total. The van der Waals surface area contributed by atoms with Crippen LogP contribution in [0.3, 0.4) is 0 Å². The molecule has 2 rings (SSSR count). The van der Waals surface area contributed by atoms with Crippen LogP contribution in [-0.2, 0) is 9.53 Å². The third kappa shape index (κ3) is 6.07. The number of hydrogen-bond acceptors (Lipinski definition) is 6. The highest BCUT2D eigenvalue weighted by Crippen LogP contribution is 2.36. The van der Waals surface area contributed by atoms with Crippen LogP contribution in [0.1, 0.15) is 22.8 Å². The summed E-state index contributed by atoms with van der Waals surface area (Å²) in [5.41, 5.74) is 3.59. The number of nitrogens with zero attached hydrogens (tertiary/aromatic N) is 1. The van der Waals surface area contributed by atoms with E-state index in [1.807, 2.05) is 6.07 Å². The van der Waals surface area contributed by atoms with Gasteiger partial charge in [-0.05, 0) is 68.6 Å². The first-order chi connectivity index (χ1) is 13.5. The molecule has 0 aliphatic carbocycles. The number of hydrogen-bond donors (Lipinski definition) is 1. The van der Waals surface area contributed by atoms with E-state index in [4.69, 9.17) is 14.2 Å². The molecule has 2 aromatic carbocycles. The Balaban J connectivity index is 2.09. The minimum Gasteiger partial charge on any atom is -0.493 e. The first kappa shape index (κ1) is 21.9. The monoisotopic (exact) mass is 512 g/mol. The lowest BCUT2D eigenvalue weighted by atomic mass is 10.2. The van der Waals surface area contributed by atoms with Crippen molar-refractivity contribution in [2.45, 2.75) is 6.92 Å². The molecule has 0 saturated carbocycles. The van der Waals surface area contributed by atoms with Crippen LogP contribution in [0, 0.1) is 0 Å². The first-order valence-electron chi connectivity index (χ1n) is 8.20. The maximum Gasteiger partial charge on any atom is 0.344 e. The van der Waals surface area contributed by atoms with Gasteiger partial charge in [0.05, 0.1) is 30.0 Å². The minimum absolute atomic E-state index is 0.238. The number of benzene rings is 2. The minimum atomic E-state index is -0.475. The average Bonchev–Trinajstić information content (AvgIpc) is 2.67. The first-order valence-corrected chi connectivity index (χ1v) is 9.78. The average molecular weight is 514 g/mol. The summed E-state index contributed by atoms with van der Waals surface area (Å²) in [6, 6.07) is 10.4. The molecule has 0 saturated heterocycles. The normalized spacial score (nSPS) is 10.6. The Kier molecular flexibility index (Phi) is 8.46. The topological polar surface area (TPSA) is 86.2 Å². The van der Waals surface area contributed by atoms with Gasteiger partial charge < -0.3 is 14.2 Å². The molecular weight excluding hydrogens is 496 g/mol. The van der Waals surface area contributed by atoms with Crippen LogP contribution in [0.5, 0.6) is 11.5 Å². The van der Waals surface area contributed by atoms with Gasteiger partial charge in [0, 0.05) is 4.47 Å². The van der Waals surface area contributed by atoms with Gasteiger partial charge in [0.25, 0.3) is 5.91 Å². The van der Waals surface area contributed by atoms with Crippen molar-refractivity contribution >= 4 is 50.0 Å². The molecule has 0 aliphatic rings. The van der Waals surface area contributed by atoms with Gasteiger partial charge >= 0.3 is 5.97 Å². The van der Waals surface area contributed by atoms with Gasteiger partial charge in [-0.15, -0.1) is 0 Å². The highest BCUT2D eigenvalue weighted by Gasteiger charge is 2.14. The number of esters is 1. The summed E-state index contributed by atoms with van der Waals surface area (Å²) in [6.45, 7) is 1.76. The molecule has 0 spiro atoms. The number of carbonyl (C=O) groups is 2. The lowest BCUT2D eigenvalue weighted by molar-refractivity contribution is -0.145. The number of rotatable bonds is 8. The molecule has 0 aliphatic heterocycles. The fourth-order valence-corrected chi connectivity index (χ4v) is 3.20. The van der Waals surface area contributed by atoms with Crippen LogP contribution < -0.4 is 14.9 Å². The summed E-state index contributed by atoms with van der Waals surface area (Å²) in [5, 5.41) is 3.97. The Morgan fingerprint density at radius 1 is 1.18 bits per heavy atom. The second-order valence-electron chi connectivity index (χ2n) is 5.31. The molecule has 0 bridgehead atoms. The SMILES string of the molecule is CCOC(=O)COc1c(Br)cc(/C=N\NC(=O)c2ccccc2Br)cc1OC. The zero-order valence-electron chi connectivity index (χ0n) is 15.2. The number of hydrazone groups is 1. The number of amides is 1. The van der Waals surface area contributed by atoms with Crippen LogP contribution in [0.2, 0.25) is 0 Å². The second-order valence-corrected chi connectivity index (χ2v) is 7.02. The Morgan fingerprint density at radius 3 is 2.61 bits per heavy atom. The Labute approximate surface area is 179 Å². The number of carbonyl (C=O) groups excluding carboxylic acids is 2. The zero-order chi connectivity index (χ0) is 20.5. The maximum atomic E-state index is 12.1. The lowest BCUT2D eigenvalue weighted by Gasteiger charge is -2.13. The van der Waals surface area contributed by atoms with E-state index >= 15 is 0 Å². The molecule has 9 heteroatoms. The van der Waals surface area contributed by atoms with E-state index in [1.54, 1.807) is 37.3 Å². The molecule has 0 heterocycles. The van der Waals surface area contributed by atoms with Crippen molar-refractivity contribution < 1.29 is 23.8 Å². The molecule has 28 heavy (non-hydrogen) atoms. The van der Waals surface area contributed by atoms with Gasteiger partial charge in [0.2, 0.25) is 0 Å². The van der Waals surface area contributed by atoms with Gasteiger partial charge in [-0.3, -0.25) is 4.79 Å². The van der Waals surface area contributed by atoms with Gasteiger partial charge in [-0.2, -0.15) is 5.10 Å². The van der Waals surface area contributed by atoms with E-state index < -0.39 is 5.97 Å². The van der Waals surface area contributed by atoms with Crippen molar-refractivity contribution in [2.75, 3.05) is 20.3 Å². The predicted octanol–water partition coefficient (Wildman–Crippen LogP) is 3.93. The number of halogens is 2. The van der Waals surface area contributed by atoms with E-state index in [1.165, 1.54) is 13.3 Å². The third-order valence-corrected chi connectivity index (χ3v) is 4.67. The third-order valence-electron chi connectivity index (χ3n) is 3.39. The molecule has 0 aromatic heterocycles. The van der Waals surface area contributed by atoms with Crippen LogP contribution in [0.25, 0.3) is 0 Å². The molecular formula is C19H18Br2N2O5. The summed E-state index contributed by atoms with van der Waals surface area (Å²) < 4.78 is 16.9. The van der Waals surface area contributed by atoms with Crippen LogP contribution >= 0.6 is 31.9 Å². The molecule has 148 valence electrons. The molecule has 0 unspecified atom stereocenters. The summed E-state index contributed by atoms with van der Waals surface area (Å²) in [4.78, 5) is 23.6.